The zero-order valence-corrected chi connectivity index (χ0v) is 31.9. The van der Waals surface area contributed by atoms with E-state index in [9.17, 15) is 29.7 Å². The third-order valence-corrected chi connectivity index (χ3v) is 9.65. The number of aliphatic hydroxyl groups is 4. The number of aromatic nitrogens is 2. The van der Waals surface area contributed by atoms with Crippen LogP contribution in [0.2, 0.25) is 0 Å². The number of fused-ring (bicyclic) bond motifs is 3. The molecule has 0 bridgehead atoms. The number of aliphatic hydroxyl groups excluding tert-OH is 4. The lowest BCUT2D eigenvalue weighted by molar-refractivity contribution is -0.144. The van der Waals surface area contributed by atoms with E-state index in [0.29, 0.717) is 0 Å². The van der Waals surface area contributed by atoms with Gasteiger partial charge in [0.15, 0.2) is 6.23 Å². The van der Waals surface area contributed by atoms with Crippen molar-refractivity contribution in [3.63, 3.8) is 0 Å². The molecule has 298 valence electrons. The van der Waals surface area contributed by atoms with Gasteiger partial charge in [0.2, 0.25) is 0 Å². The lowest BCUT2D eigenvalue weighted by Gasteiger charge is -2.17. The van der Waals surface area contributed by atoms with Gasteiger partial charge in [-0.05, 0) is 55.1 Å². The van der Waals surface area contributed by atoms with Crippen LogP contribution in [0.15, 0.2) is 144 Å². The third kappa shape index (κ3) is 10.3. The fourth-order valence-electron chi connectivity index (χ4n) is 6.61. The predicted octanol–water partition coefficient (Wildman–Crippen LogP) is 6.34. The molecule has 4 atom stereocenters. The van der Waals surface area contributed by atoms with Crippen LogP contribution in [0.4, 0.5) is 4.79 Å². The molecule has 0 radical (unpaired) electrons. The van der Waals surface area contributed by atoms with Crippen LogP contribution in [0, 0.1) is 0 Å². The maximum Gasteiger partial charge on any atom is 0.404 e. The quantitative estimate of drug-likeness (QED) is 0.0946. The second-order valence-corrected chi connectivity index (χ2v) is 13.6. The number of hydrogen-bond acceptors (Lipinski definition) is 11. The Hall–Kier alpha value is -5.99. The summed E-state index contributed by atoms with van der Waals surface area (Å²) < 4.78 is 16.5. The second kappa shape index (κ2) is 19.9. The highest BCUT2D eigenvalue weighted by atomic mass is 35.5. The Morgan fingerprint density at radius 2 is 1.14 bits per heavy atom. The minimum atomic E-state index is -1.40. The molecular formula is C45H41ClN2O10. The highest BCUT2D eigenvalue weighted by Crippen LogP contribution is 2.28. The van der Waals surface area contributed by atoms with Crippen LogP contribution >= 0.6 is 11.6 Å². The van der Waals surface area contributed by atoms with Gasteiger partial charge >= 0.3 is 17.1 Å². The monoisotopic (exact) mass is 804 g/mol. The number of halogens is 1. The van der Waals surface area contributed by atoms with Crippen LogP contribution in [-0.2, 0) is 45.2 Å². The Bertz CT molecular complexity index is 2550. The topological polar surface area (TPSA) is 178 Å². The maximum atomic E-state index is 12.3. The molecule has 0 amide bonds. The molecule has 4 N–H and O–H groups in total. The predicted molar refractivity (Wildman–Crippen MR) is 219 cm³/mol. The number of carbonyl (C=O) groups excluding carboxylic acids is 2. The highest BCUT2D eigenvalue weighted by Gasteiger charge is 2.43. The summed E-state index contributed by atoms with van der Waals surface area (Å²) in [6.45, 7) is -0.0810. The Kier molecular flexibility index (Phi) is 14.3. The first-order valence-corrected chi connectivity index (χ1v) is 18.7. The molecule has 6 aromatic carbocycles. The van der Waals surface area contributed by atoms with Gasteiger partial charge in [-0.1, -0.05) is 127 Å². The molecule has 1 aliphatic rings. The molecule has 1 aliphatic heterocycles. The van der Waals surface area contributed by atoms with E-state index in [0.717, 1.165) is 48.2 Å². The molecule has 7 aromatic rings. The number of ether oxygens (including phenoxy) is 3. The smallest absolute Gasteiger partial charge is 0.404 e. The molecule has 1 saturated heterocycles. The van der Waals surface area contributed by atoms with Gasteiger partial charge in [-0.15, -0.1) is 0 Å². The number of benzene rings is 6. The van der Waals surface area contributed by atoms with Gasteiger partial charge in [-0.3, -0.25) is 9.36 Å². The summed E-state index contributed by atoms with van der Waals surface area (Å²) in [5.41, 5.74) is 1.50. The number of nitrogens with zero attached hydrogens (tertiary/aromatic N) is 2. The van der Waals surface area contributed by atoms with Crippen LogP contribution in [0.25, 0.3) is 32.3 Å². The summed E-state index contributed by atoms with van der Waals surface area (Å²) in [7, 11) is 0. The SMILES string of the molecule is O=C(Cc1ccn(C2OC(CO)C(O)C2O)c(=O)n1)OCc1cccc2ccccc12.O=C(Cl)OCc1cccc2ccccc12.OCc1cccc2ccccc12. The summed E-state index contributed by atoms with van der Waals surface area (Å²) in [6.07, 6.45) is -3.78. The van der Waals surface area contributed by atoms with Crippen molar-refractivity contribution in [2.45, 2.75) is 50.8 Å². The van der Waals surface area contributed by atoms with Gasteiger partial charge in [0, 0.05) is 17.8 Å². The third-order valence-electron chi connectivity index (χ3n) is 9.54. The van der Waals surface area contributed by atoms with Crippen molar-refractivity contribution in [1.82, 2.24) is 9.55 Å². The van der Waals surface area contributed by atoms with Crippen LogP contribution in [0.1, 0.15) is 28.6 Å². The normalized spacial score (nSPS) is 17.2. The minimum absolute atomic E-state index is 0.0970. The Labute approximate surface area is 338 Å². The molecule has 1 aromatic heterocycles. The summed E-state index contributed by atoms with van der Waals surface area (Å²) in [5.74, 6) is -0.537. The average molecular weight is 805 g/mol. The van der Waals surface area contributed by atoms with Gasteiger partial charge in [-0.2, -0.15) is 4.98 Å². The van der Waals surface area contributed by atoms with Crippen molar-refractivity contribution in [2.75, 3.05) is 6.61 Å². The lowest BCUT2D eigenvalue weighted by atomic mass is 10.1. The van der Waals surface area contributed by atoms with Crippen LogP contribution in [0.3, 0.4) is 0 Å². The van der Waals surface area contributed by atoms with Crippen molar-refractivity contribution in [3.8, 4) is 0 Å². The van der Waals surface area contributed by atoms with E-state index in [1.54, 1.807) is 0 Å². The fourth-order valence-corrected chi connectivity index (χ4v) is 6.66. The lowest BCUT2D eigenvalue weighted by Crippen LogP contribution is -2.36. The molecule has 1 fully saturated rings. The average Bonchev–Trinajstić information content (AvgIpc) is 3.54. The maximum absolute atomic E-state index is 12.3. The van der Waals surface area contributed by atoms with E-state index >= 15 is 0 Å². The van der Waals surface area contributed by atoms with E-state index in [1.807, 2.05) is 115 Å². The first-order chi connectivity index (χ1) is 28.2. The van der Waals surface area contributed by atoms with Crippen LogP contribution < -0.4 is 5.69 Å². The van der Waals surface area contributed by atoms with Gasteiger partial charge in [-0.25, -0.2) is 9.59 Å². The Morgan fingerprint density at radius 3 is 1.62 bits per heavy atom. The first-order valence-electron chi connectivity index (χ1n) is 18.4. The highest BCUT2D eigenvalue weighted by molar-refractivity contribution is 6.61. The first kappa shape index (κ1) is 41.6. The van der Waals surface area contributed by atoms with Gasteiger partial charge in [0.25, 0.3) is 0 Å². The fraction of sp³-hybridized carbons (Fsp3) is 0.200. The molecule has 4 unspecified atom stereocenters. The Morgan fingerprint density at radius 1 is 0.655 bits per heavy atom. The van der Waals surface area contributed by atoms with Crippen LogP contribution in [-0.4, -0.2) is 66.3 Å². The molecule has 0 aliphatic carbocycles. The van der Waals surface area contributed by atoms with Gasteiger partial charge in [0.05, 0.1) is 25.3 Å². The van der Waals surface area contributed by atoms with Crippen molar-refractivity contribution in [2.24, 2.45) is 0 Å². The summed E-state index contributed by atoms with van der Waals surface area (Å²) in [5, 5.41) is 44.7. The molecule has 58 heavy (non-hydrogen) atoms. The summed E-state index contributed by atoms with van der Waals surface area (Å²) >= 11 is 5.12. The van der Waals surface area contributed by atoms with Gasteiger partial charge < -0.3 is 34.6 Å². The molecule has 2 heterocycles. The Balaban J connectivity index is 0.000000172. The van der Waals surface area contributed by atoms with E-state index in [2.05, 4.69) is 17.1 Å². The summed E-state index contributed by atoms with van der Waals surface area (Å²) in [6, 6.07) is 42.8. The van der Waals surface area contributed by atoms with E-state index in [4.69, 9.17) is 30.9 Å². The zero-order valence-electron chi connectivity index (χ0n) is 31.1. The van der Waals surface area contributed by atoms with Crippen molar-refractivity contribution in [1.29, 1.82) is 0 Å². The molecular weight excluding hydrogens is 764 g/mol. The zero-order chi connectivity index (χ0) is 41.0. The molecule has 8 rings (SSSR count). The number of hydrogen-bond donors (Lipinski definition) is 4. The minimum Gasteiger partial charge on any atom is -0.460 e. The number of carbonyl (C=O) groups is 2. The number of esters is 1. The number of rotatable bonds is 9. The van der Waals surface area contributed by atoms with Crippen molar-refractivity contribution >= 4 is 55.3 Å². The molecule has 0 saturated carbocycles. The standard InChI is InChI=1S/C22H22N2O7.C12H9ClO2.C11H10O/c25-11-17-19(27)20(28)21(31-17)24-9-8-15(23-22(24)29)10-18(26)30-12-14-6-3-5-13-4-1-2-7-16(13)14;13-12(14)15-8-10-6-3-5-9-4-1-2-7-11(9)10;12-8-10-6-3-5-9-4-1-2-7-11(9)10/h1-9,17,19-21,25,27-28H,10-12H2;1-7H,8H2;1-7,12H,8H2. The van der Waals surface area contributed by atoms with Crippen LogP contribution in [0.5, 0.6) is 0 Å². The van der Waals surface area contributed by atoms with E-state index in [1.165, 1.54) is 17.6 Å². The van der Waals surface area contributed by atoms with Crippen molar-refractivity contribution < 1.29 is 44.2 Å². The molecule has 12 nitrogen and oxygen atoms in total. The van der Waals surface area contributed by atoms with Gasteiger partial charge in [0.1, 0.15) is 31.5 Å². The summed E-state index contributed by atoms with van der Waals surface area (Å²) in [4.78, 5) is 38.9. The molecule has 0 spiro atoms. The second-order valence-electron chi connectivity index (χ2n) is 13.3. The molecule has 13 heteroatoms. The van der Waals surface area contributed by atoms with E-state index in [-0.39, 0.29) is 31.9 Å². The largest absolute Gasteiger partial charge is 0.460 e. The van der Waals surface area contributed by atoms with E-state index < -0.39 is 48.2 Å². The van der Waals surface area contributed by atoms with Crippen molar-refractivity contribution in [3.05, 3.63) is 173 Å².